The second-order valence-electron chi connectivity index (χ2n) is 4.61. The maximum absolute atomic E-state index is 11.7. The van der Waals surface area contributed by atoms with Crippen LogP contribution in [0.1, 0.15) is 37.4 Å². The lowest BCUT2D eigenvalue weighted by atomic mass is 9.95. The van der Waals surface area contributed by atoms with Crippen LogP contribution < -0.4 is 5.32 Å². The number of hydrogen-bond acceptors (Lipinski definition) is 3. The summed E-state index contributed by atoms with van der Waals surface area (Å²) in [5, 5.41) is 11.5. The highest BCUT2D eigenvalue weighted by Crippen LogP contribution is 2.23. The molecule has 0 saturated heterocycles. The first kappa shape index (κ1) is 12.1. The summed E-state index contributed by atoms with van der Waals surface area (Å²) < 4.78 is 0. The summed E-state index contributed by atoms with van der Waals surface area (Å²) in [6.07, 6.45) is 0.554. The van der Waals surface area contributed by atoms with Crippen LogP contribution in [-0.2, 0) is 6.42 Å². The maximum Gasteiger partial charge on any atom is 0.258 e. The van der Waals surface area contributed by atoms with E-state index in [1.807, 2.05) is 30.3 Å². The molecule has 1 aliphatic heterocycles. The fraction of sp³-hybridized carbons (Fsp3) is 0.0625. The third-order valence-corrected chi connectivity index (χ3v) is 3.32. The number of rotatable bonds is 2. The van der Waals surface area contributed by atoms with Crippen molar-refractivity contribution in [1.29, 1.82) is 5.26 Å². The molecule has 3 rings (SSSR count). The number of fused-ring (bicyclic) bond motifs is 1. The normalized spacial score (nSPS) is 12.8. The molecule has 1 aliphatic rings. The lowest BCUT2D eigenvalue weighted by molar-refractivity contribution is 0.0879. The molecule has 0 unspecified atom stereocenters. The van der Waals surface area contributed by atoms with Gasteiger partial charge in [-0.25, -0.2) is 0 Å². The van der Waals surface area contributed by atoms with Crippen molar-refractivity contribution < 1.29 is 9.59 Å². The van der Waals surface area contributed by atoms with Gasteiger partial charge < -0.3 is 0 Å². The van der Waals surface area contributed by atoms with Gasteiger partial charge in [0, 0.05) is 0 Å². The summed E-state index contributed by atoms with van der Waals surface area (Å²) in [5.41, 5.74) is 2.86. The van der Waals surface area contributed by atoms with Crippen molar-refractivity contribution in [2.45, 2.75) is 6.42 Å². The van der Waals surface area contributed by atoms with Crippen molar-refractivity contribution in [3.05, 3.63) is 70.3 Å². The zero-order valence-electron chi connectivity index (χ0n) is 10.5. The van der Waals surface area contributed by atoms with Crippen LogP contribution in [0.25, 0.3) is 0 Å². The molecule has 96 valence electrons. The van der Waals surface area contributed by atoms with E-state index < -0.39 is 11.8 Å². The Morgan fingerprint density at radius 3 is 2.30 bits per heavy atom. The van der Waals surface area contributed by atoms with E-state index in [0.717, 1.165) is 11.1 Å². The minimum Gasteiger partial charge on any atom is -0.288 e. The van der Waals surface area contributed by atoms with Gasteiger partial charge in [-0.1, -0.05) is 30.3 Å². The van der Waals surface area contributed by atoms with E-state index in [-0.39, 0.29) is 5.56 Å². The first-order valence-corrected chi connectivity index (χ1v) is 6.15. The van der Waals surface area contributed by atoms with Crippen LogP contribution in [0.5, 0.6) is 0 Å². The molecule has 0 radical (unpaired) electrons. The molecule has 1 heterocycles. The van der Waals surface area contributed by atoms with E-state index in [0.29, 0.717) is 17.5 Å². The number of hydrogen-bond donors (Lipinski definition) is 1. The van der Waals surface area contributed by atoms with Crippen molar-refractivity contribution in [3.63, 3.8) is 0 Å². The van der Waals surface area contributed by atoms with Gasteiger partial charge in [-0.05, 0) is 29.7 Å². The molecule has 0 spiro atoms. The van der Waals surface area contributed by atoms with Gasteiger partial charge in [0.1, 0.15) is 0 Å². The summed E-state index contributed by atoms with van der Waals surface area (Å²) in [5.74, 6) is -0.837. The van der Waals surface area contributed by atoms with Crippen LogP contribution >= 0.6 is 0 Å². The number of amides is 2. The van der Waals surface area contributed by atoms with Crippen molar-refractivity contribution in [2.24, 2.45) is 0 Å². The average Bonchev–Trinajstić information content (AvgIpc) is 2.74. The standard InChI is InChI=1S/C16H10N2O2/c17-9-12-8-14-13(15(19)18-16(14)20)7-11(12)6-10-4-2-1-3-5-10/h1-5,7-8H,6H2,(H,18,19,20). The Bertz CT molecular complexity index is 758. The van der Waals surface area contributed by atoms with Crippen LogP contribution in [0.3, 0.4) is 0 Å². The number of nitriles is 1. The molecule has 4 nitrogen and oxygen atoms in total. The third-order valence-electron chi connectivity index (χ3n) is 3.32. The summed E-state index contributed by atoms with van der Waals surface area (Å²) in [7, 11) is 0. The van der Waals surface area contributed by atoms with E-state index in [4.69, 9.17) is 0 Å². The summed E-state index contributed by atoms with van der Waals surface area (Å²) in [6.45, 7) is 0. The van der Waals surface area contributed by atoms with Crippen LogP contribution in [-0.4, -0.2) is 11.8 Å². The number of carbonyl (C=O) groups excluding carboxylic acids is 2. The molecule has 2 aromatic rings. The Labute approximate surface area is 115 Å². The second-order valence-corrected chi connectivity index (χ2v) is 4.61. The largest absolute Gasteiger partial charge is 0.288 e. The Morgan fingerprint density at radius 1 is 1.00 bits per heavy atom. The van der Waals surface area contributed by atoms with Gasteiger partial charge in [-0.3, -0.25) is 14.9 Å². The lowest BCUT2D eigenvalue weighted by Gasteiger charge is -2.06. The first-order chi connectivity index (χ1) is 9.69. The molecule has 2 amide bonds. The van der Waals surface area contributed by atoms with Gasteiger partial charge in [0.2, 0.25) is 0 Å². The van der Waals surface area contributed by atoms with Crippen LogP contribution in [0.2, 0.25) is 0 Å². The summed E-state index contributed by atoms with van der Waals surface area (Å²) in [6, 6.07) is 14.9. The van der Waals surface area contributed by atoms with Crippen LogP contribution in [0, 0.1) is 11.3 Å². The molecule has 0 aliphatic carbocycles. The van der Waals surface area contributed by atoms with Crippen molar-refractivity contribution in [3.8, 4) is 6.07 Å². The minimum absolute atomic E-state index is 0.281. The highest BCUT2D eigenvalue weighted by molar-refractivity contribution is 6.21. The average molecular weight is 262 g/mol. The van der Waals surface area contributed by atoms with Gasteiger partial charge in [0.15, 0.2) is 0 Å². The number of carbonyl (C=O) groups is 2. The van der Waals surface area contributed by atoms with E-state index in [9.17, 15) is 14.9 Å². The van der Waals surface area contributed by atoms with Gasteiger partial charge in [0.05, 0.1) is 22.8 Å². The zero-order chi connectivity index (χ0) is 14.1. The van der Waals surface area contributed by atoms with E-state index in [2.05, 4.69) is 11.4 Å². The predicted octanol–water partition coefficient (Wildman–Crippen LogP) is 2.03. The smallest absolute Gasteiger partial charge is 0.258 e. The highest BCUT2D eigenvalue weighted by atomic mass is 16.2. The molecule has 0 bridgehead atoms. The number of nitrogens with zero attached hydrogens (tertiary/aromatic N) is 1. The van der Waals surface area contributed by atoms with Crippen molar-refractivity contribution in [2.75, 3.05) is 0 Å². The molecule has 2 aromatic carbocycles. The topological polar surface area (TPSA) is 70.0 Å². The monoisotopic (exact) mass is 262 g/mol. The molecular formula is C16H10N2O2. The van der Waals surface area contributed by atoms with E-state index in [1.54, 1.807) is 6.07 Å². The molecular weight excluding hydrogens is 252 g/mol. The quantitative estimate of drug-likeness (QED) is 0.842. The minimum atomic E-state index is -0.437. The van der Waals surface area contributed by atoms with Gasteiger partial charge in [-0.15, -0.1) is 0 Å². The molecule has 20 heavy (non-hydrogen) atoms. The molecule has 0 saturated carbocycles. The molecule has 4 heteroatoms. The Hall–Kier alpha value is -2.93. The highest BCUT2D eigenvalue weighted by Gasteiger charge is 2.28. The van der Waals surface area contributed by atoms with Crippen LogP contribution in [0.15, 0.2) is 42.5 Å². The van der Waals surface area contributed by atoms with Gasteiger partial charge in [-0.2, -0.15) is 5.26 Å². The van der Waals surface area contributed by atoms with E-state index >= 15 is 0 Å². The fourth-order valence-electron chi connectivity index (χ4n) is 2.32. The number of benzene rings is 2. The second kappa shape index (κ2) is 4.63. The Kier molecular flexibility index (Phi) is 2.81. The molecule has 0 fully saturated rings. The van der Waals surface area contributed by atoms with Crippen molar-refractivity contribution >= 4 is 11.8 Å². The molecule has 1 N–H and O–H groups in total. The predicted molar refractivity (Wildman–Crippen MR) is 72.2 cm³/mol. The Balaban J connectivity index is 2.08. The van der Waals surface area contributed by atoms with Crippen molar-refractivity contribution in [1.82, 2.24) is 5.32 Å². The van der Waals surface area contributed by atoms with Gasteiger partial charge in [0.25, 0.3) is 11.8 Å². The Morgan fingerprint density at radius 2 is 1.65 bits per heavy atom. The van der Waals surface area contributed by atoms with Crippen LogP contribution in [0.4, 0.5) is 0 Å². The SMILES string of the molecule is N#Cc1cc2c(cc1Cc1ccccc1)C(=O)NC2=O. The lowest BCUT2D eigenvalue weighted by Crippen LogP contribution is -2.19. The van der Waals surface area contributed by atoms with E-state index in [1.165, 1.54) is 6.07 Å². The maximum atomic E-state index is 11.7. The molecule has 0 atom stereocenters. The fourth-order valence-corrected chi connectivity index (χ4v) is 2.32. The number of nitrogens with one attached hydrogen (secondary N) is 1. The van der Waals surface area contributed by atoms with Gasteiger partial charge >= 0.3 is 0 Å². The summed E-state index contributed by atoms with van der Waals surface area (Å²) >= 11 is 0. The number of imide groups is 1. The zero-order valence-corrected chi connectivity index (χ0v) is 10.5. The summed E-state index contributed by atoms with van der Waals surface area (Å²) in [4.78, 5) is 23.2. The first-order valence-electron chi connectivity index (χ1n) is 6.15. The molecule has 0 aromatic heterocycles. The third kappa shape index (κ3) is 1.95.